The maximum atomic E-state index is 6.07. The van der Waals surface area contributed by atoms with Crippen molar-refractivity contribution in [3.63, 3.8) is 0 Å². The zero-order valence-electron chi connectivity index (χ0n) is 16.5. The van der Waals surface area contributed by atoms with Gasteiger partial charge in [-0.1, -0.05) is 34.5 Å². The van der Waals surface area contributed by atoms with Gasteiger partial charge in [-0.25, -0.2) is 4.98 Å². The van der Waals surface area contributed by atoms with Crippen molar-refractivity contribution in [1.82, 2.24) is 4.98 Å². The molecule has 3 rings (SSSR count). The van der Waals surface area contributed by atoms with Crippen LogP contribution in [0, 0.1) is 6.92 Å². The first-order valence-corrected chi connectivity index (χ1v) is 10.6. The van der Waals surface area contributed by atoms with E-state index in [-0.39, 0.29) is 0 Å². The van der Waals surface area contributed by atoms with E-state index in [0.717, 1.165) is 40.2 Å². The van der Waals surface area contributed by atoms with Crippen LogP contribution in [-0.4, -0.2) is 45.5 Å². The van der Waals surface area contributed by atoms with E-state index in [0.29, 0.717) is 28.4 Å². The summed E-state index contributed by atoms with van der Waals surface area (Å²) in [6.07, 6.45) is 0. The van der Waals surface area contributed by atoms with E-state index in [9.17, 15) is 0 Å². The quantitative estimate of drug-likeness (QED) is 0.351. The summed E-state index contributed by atoms with van der Waals surface area (Å²) in [7, 11) is 3.40. The van der Waals surface area contributed by atoms with Crippen LogP contribution in [0.2, 0.25) is 10.0 Å². The minimum atomic E-state index is 0.478. The first kappa shape index (κ1) is 21.9. The van der Waals surface area contributed by atoms with Crippen molar-refractivity contribution in [3.8, 4) is 0 Å². The molecule has 2 aromatic carbocycles. The monoisotopic (exact) mass is 452 g/mol. The van der Waals surface area contributed by atoms with Crippen LogP contribution >= 0.6 is 34.5 Å². The van der Waals surface area contributed by atoms with Crippen LogP contribution in [0.4, 0.5) is 16.5 Å². The molecule has 29 heavy (non-hydrogen) atoms. The number of aryl methyl sites for hydroxylation is 1. The molecule has 0 aliphatic rings. The molecule has 0 aliphatic carbocycles. The topological polar surface area (TPSA) is 59.3 Å². The molecule has 1 aromatic heterocycles. The average Bonchev–Trinajstić information content (AvgIpc) is 3.09. The van der Waals surface area contributed by atoms with E-state index < -0.39 is 0 Å². The molecular weight excluding hydrogens is 431 g/mol. The van der Waals surface area contributed by atoms with Crippen LogP contribution in [0.5, 0.6) is 0 Å². The Morgan fingerprint density at radius 1 is 1.00 bits per heavy atom. The van der Waals surface area contributed by atoms with Gasteiger partial charge in [0.1, 0.15) is 0 Å². The number of fused-ring (bicyclic) bond motifs is 1. The predicted octanol–water partition coefficient (Wildman–Crippen LogP) is 6.43. The van der Waals surface area contributed by atoms with Gasteiger partial charge in [-0.2, -0.15) is 0 Å². The Kier molecular flexibility index (Phi) is 7.80. The van der Waals surface area contributed by atoms with E-state index in [1.807, 2.05) is 19.1 Å². The van der Waals surface area contributed by atoms with E-state index in [1.165, 1.54) is 11.3 Å². The van der Waals surface area contributed by atoms with Gasteiger partial charge in [0.05, 0.1) is 39.2 Å². The molecule has 0 N–H and O–H groups in total. The standard InChI is InChI=1S/C20H22Cl2N4O2S/c1-13-10-14(26(6-8-27-2)7-9-28-3)4-5-17(13)24-25-20-23-18-11-15(21)16(22)12-19(18)29-20/h4-5,10-12H,6-9H2,1-3H3. The summed E-state index contributed by atoms with van der Waals surface area (Å²) in [6, 6.07) is 9.62. The van der Waals surface area contributed by atoms with Gasteiger partial charge in [0, 0.05) is 33.0 Å². The molecule has 0 saturated heterocycles. The van der Waals surface area contributed by atoms with Crippen molar-refractivity contribution in [3.05, 3.63) is 45.9 Å². The third-order valence-electron chi connectivity index (χ3n) is 4.34. The first-order chi connectivity index (χ1) is 14.0. The number of hydrogen-bond donors (Lipinski definition) is 0. The van der Waals surface area contributed by atoms with Gasteiger partial charge < -0.3 is 14.4 Å². The molecular formula is C20H22Cl2N4O2S. The lowest BCUT2D eigenvalue weighted by Gasteiger charge is -2.24. The second-order valence-electron chi connectivity index (χ2n) is 6.37. The minimum Gasteiger partial charge on any atom is -0.383 e. The number of rotatable bonds is 9. The number of nitrogens with zero attached hydrogens (tertiary/aromatic N) is 4. The van der Waals surface area contributed by atoms with Gasteiger partial charge >= 0.3 is 0 Å². The second-order valence-corrected chi connectivity index (χ2v) is 8.20. The molecule has 1 heterocycles. The number of azo groups is 1. The Hall–Kier alpha value is -1.77. The van der Waals surface area contributed by atoms with Gasteiger partial charge in [0.15, 0.2) is 0 Å². The van der Waals surface area contributed by atoms with Crippen LogP contribution in [0.1, 0.15) is 5.56 Å². The number of ether oxygens (including phenoxy) is 2. The van der Waals surface area contributed by atoms with E-state index in [4.69, 9.17) is 32.7 Å². The summed E-state index contributed by atoms with van der Waals surface area (Å²) in [6.45, 7) is 4.89. The van der Waals surface area contributed by atoms with Gasteiger partial charge in [-0.3, -0.25) is 0 Å². The van der Waals surface area contributed by atoms with Crippen molar-refractivity contribution >= 4 is 61.3 Å². The Morgan fingerprint density at radius 3 is 2.34 bits per heavy atom. The summed E-state index contributed by atoms with van der Waals surface area (Å²) >= 11 is 13.5. The minimum absolute atomic E-state index is 0.478. The lowest BCUT2D eigenvalue weighted by Crippen LogP contribution is -2.30. The molecule has 0 fully saturated rings. The maximum Gasteiger partial charge on any atom is 0.231 e. The maximum absolute atomic E-state index is 6.07. The number of aromatic nitrogens is 1. The summed E-state index contributed by atoms with van der Waals surface area (Å²) in [5.74, 6) is 0. The molecule has 3 aromatic rings. The van der Waals surface area contributed by atoms with Gasteiger partial charge in [0.2, 0.25) is 5.13 Å². The highest BCUT2D eigenvalue weighted by molar-refractivity contribution is 7.22. The van der Waals surface area contributed by atoms with Crippen LogP contribution in [-0.2, 0) is 9.47 Å². The molecule has 6 nitrogen and oxygen atoms in total. The fourth-order valence-electron chi connectivity index (χ4n) is 2.77. The summed E-state index contributed by atoms with van der Waals surface area (Å²) in [5.41, 5.74) is 3.68. The normalized spacial score (nSPS) is 11.6. The molecule has 0 atom stereocenters. The SMILES string of the molecule is COCCN(CCOC)c1ccc(N=Nc2nc3cc(Cl)c(Cl)cc3s2)c(C)c1. The third kappa shape index (κ3) is 5.65. The van der Waals surface area contributed by atoms with Crippen LogP contribution in [0.25, 0.3) is 10.2 Å². The van der Waals surface area contributed by atoms with E-state index in [1.54, 1.807) is 26.4 Å². The number of thiazole rings is 1. The van der Waals surface area contributed by atoms with Crippen LogP contribution in [0.3, 0.4) is 0 Å². The van der Waals surface area contributed by atoms with Gasteiger partial charge in [0.25, 0.3) is 0 Å². The largest absolute Gasteiger partial charge is 0.383 e. The van der Waals surface area contributed by atoms with Crippen molar-refractivity contribution in [2.75, 3.05) is 45.4 Å². The third-order valence-corrected chi connectivity index (χ3v) is 5.96. The Balaban J connectivity index is 1.79. The fourth-order valence-corrected chi connectivity index (χ4v) is 3.97. The van der Waals surface area contributed by atoms with E-state index in [2.05, 4.69) is 26.2 Å². The summed E-state index contributed by atoms with van der Waals surface area (Å²) < 4.78 is 11.4. The summed E-state index contributed by atoms with van der Waals surface area (Å²) in [4.78, 5) is 6.68. The number of methoxy groups -OCH3 is 2. The molecule has 0 aliphatic heterocycles. The molecule has 0 radical (unpaired) electrons. The lowest BCUT2D eigenvalue weighted by atomic mass is 10.1. The van der Waals surface area contributed by atoms with E-state index >= 15 is 0 Å². The molecule has 9 heteroatoms. The van der Waals surface area contributed by atoms with Crippen LogP contribution in [0.15, 0.2) is 40.6 Å². The highest BCUT2D eigenvalue weighted by atomic mass is 35.5. The van der Waals surface area contributed by atoms with Crippen molar-refractivity contribution in [2.45, 2.75) is 6.92 Å². The second kappa shape index (κ2) is 10.3. The first-order valence-electron chi connectivity index (χ1n) is 9.02. The molecule has 0 saturated carbocycles. The predicted molar refractivity (Wildman–Crippen MR) is 121 cm³/mol. The zero-order valence-corrected chi connectivity index (χ0v) is 18.8. The van der Waals surface area contributed by atoms with Crippen molar-refractivity contribution < 1.29 is 9.47 Å². The molecule has 0 amide bonds. The van der Waals surface area contributed by atoms with Gasteiger partial charge in [-0.15, -0.1) is 10.2 Å². The smallest absolute Gasteiger partial charge is 0.231 e. The lowest BCUT2D eigenvalue weighted by molar-refractivity contribution is 0.190. The molecule has 154 valence electrons. The number of halogens is 2. The zero-order chi connectivity index (χ0) is 20.8. The van der Waals surface area contributed by atoms with Gasteiger partial charge in [-0.05, 0) is 42.8 Å². The Morgan fingerprint density at radius 2 is 1.69 bits per heavy atom. The average molecular weight is 453 g/mol. The van der Waals surface area contributed by atoms with Crippen molar-refractivity contribution in [2.24, 2.45) is 10.2 Å². The molecule has 0 unspecified atom stereocenters. The number of hydrogen-bond acceptors (Lipinski definition) is 7. The fraction of sp³-hybridized carbons (Fsp3) is 0.350. The summed E-state index contributed by atoms with van der Waals surface area (Å²) in [5, 5.41) is 10.2. The van der Waals surface area contributed by atoms with Crippen molar-refractivity contribution in [1.29, 1.82) is 0 Å². The molecule has 0 bridgehead atoms. The highest BCUT2D eigenvalue weighted by Gasteiger charge is 2.10. The molecule has 0 spiro atoms. The number of benzene rings is 2. The van der Waals surface area contributed by atoms with Crippen LogP contribution < -0.4 is 4.90 Å². The highest BCUT2D eigenvalue weighted by Crippen LogP contribution is 2.35. The number of anilines is 1. The Labute approximate surface area is 184 Å². The Bertz CT molecular complexity index is 963.